The van der Waals surface area contributed by atoms with Gasteiger partial charge in [-0.2, -0.15) is 0 Å². The van der Waals surface area contributed by atoms with E-state index in [9.17, 15) is 4.79 Å². The molecule has 0 unspecified atom stereocenters. The second-order valence-electron chi connectivity index (χ2n) is 4.83. The number of nitrogens with two attached hydrogens (primary N) is 1. The normalized spacial score (nSPS) is 19.2. The second kappa shape index (κ2) is 4.38. The summed E-state index contributed by atoms with van der Waals surface area (Å²) in [6.07, 6.45) is 1.41. The molecule has 0 bridgehead atoms. The number of piperazine rings is 1. The van der Waals surface area contributed by atoms with Gasteiger partial charge in [-0.05, 0) is 29.8 Å². The highest BCUT2D eigenvalue weighted by molar-refractivity contribution is 9.10. The van der Waals surface area contributed by atoms with Gasteiger partial charge in [-0.3, -0.25) is 4.79 Å². The van der Waals surface area contributed by atoms with Crippen molar-refractivity contribution in [1.29, 1.82) is 0 Å². The van der Waals surface area contributed by atoms with Crippen LogP contribution in [0.1, 0.15) is 13.8 Å². The van der Waals surface area contributed by atoms with E-state index in [1.807, 2.05) is 25.8 Å². The van der Waals surface area contributed by atoms with Crippen LogP contribution in [0.4, 0.5) is 11.6 Å². The lowest BCUT2D eigenvalue weighted by Crippen LogP contribution is -2.62. The summed E-state index contributed by atoms with van der Waals surface area (Å²) in [5.74, 6) is 1.11. The molecule has 98 valence electrons. The van der Waals surface area contributed by atoms with Gasteiger partial charge in [0.25, 0.3) is 0 Å². The van der Waals surface area contributed by atoms with E-state index in [-0.39, 0.29) is 5.91 Å². The Morgan fingerprint density at radius 3 is 2.72 bits per heavy atom. The fourth-order valence-corrected chi connectivity index (χ4v) is 2.56. The van der Waals surface area contributed by atoms with E-state index in [1.54, 1.807) is 4.90 Å². The fourth-order valence-electron chi connectivity index (χ4n) is 2.15. The predicted octanol–water partition coefficient (Wildman–Crippen LogP) is 0.878. The number of likely N-dealkylation sites (N-methyl/N-ethyl adjacent to an activating group) is 1. The van der Waals surface area contributed by atoms with Gasteiger partial charge in [0.2, 0.25) is 5.91 Å². The molecule has 18 heavy (non-hydrogen) atoms. The number of anilines is 2. The number of aromatic nitrogens is 2. The molecule has 2 rings (SSSR count). The Kier molecular flexibility index (Phi) is 3.18. The fraction of sp³-hybridized carbons (Fsp3) is 0.545. The average Bonchev–Trinajstić information content (AvgIpc) is 2.31. The highest BCUT2D eigenvalue weighted by Gasteiger charge is 2.42. The van der Waals surface area contributed by atoms with Crippen LogP contribution in [0, 0.1) is 0 Å². The van der Waals surface area contributed by atoms with Gasteiger partial charge in [-0.1, -0.05) is 0 Å². The van der Waals surface area contributed by atoms with Gasteiger partial charge in [-0.15, -0.1) is 0 Å². The third-order valence-electron chi connectivity index (χ3n) is 3.26. The Labute approximate surface area is 114 Å². The van der Waals surface area contributed by atoms with Crippen LogP contribution in [-0.2, 0) is 4.79 Å². The summed E-state index contributed by atoms with van der Waals surface area (Å²) in [5.41, 5.74) is 5.12. The minimum absolute atomic E-state index is 0.0674. The average molecular weight is 314 g/mol. The number of hydrogen-bond donors (Lipinski definition) is 1. The van der Waals surface area contributed by atoms with Crippen LogP contribution < -0.4 is 10.6 Å². The smallest absolute Gasteiger partial charge is 0.247 e. The van der Waals surface area contributed by atoms with Crippen LogP contribution in [0.2, 0.25) is 0 Å². The summed E-state index contributed by atoms with van der Waals surface area (Å²) in [7, 11) is 1.81. The van der Waals surface area contributed by atoms with Crippen LogP contribution in [0.5, 0.6) is 0 Å². The number of nitrogens with zero attached hydrogens (tertiary/aromatic N) is 4. The van der Waals surface area contributed by atoms with E-state index in [0.29, 0.717) is 29.2 Å². The van der Waals surface area contributed by atoms with Gasteiger partial charge < -0.3 is 15.5 Å². The van der Waals surface area contributed by atoms with Crippen LogP contribution in [0.25, 0.3) is 0 Å². The molecule has 0 atom stereocenters. The van der Waals surface area contributed by atoms with Gasteiger partial charge >= 0.3 is 0 Å². The minimum Gasteiger partial charge on any atom is -0.383 e. The van der Waals surface area contributed by atoms with E-state index in [1.165, 1.54) is 6.33 Å². The van der Waals surface area contributed by atoms with Crippen molar-refractivity contribution in [3.05, 3.63) is 10.8 Å². The lowest BCUT2D eigenvalue weighted by atomic mass is 9.98. The van der Waals surface area contributed by atoms with Crippen molar-refractivity contribution < 1.29 is 4.79 Å². The van der Waals surface area contributed by atoms with Crippen molar-refractivity contribution in [1.82, 2.24) is 14.9 Å². The highest BCUT2D eigenvalue weighted by Crippen LogP contribution is 2.34. The Hall–Kier alpha value is -1.37. The molecule has 7 heteroatoms. The first kappa shape index (κ1) is 13.1. The third kappa shape index (κ3) is 1.92. The molecule has 1 amide bonds. The molecule has 1 aromatic heterocycles. The van der Waals surface area contributed by atoms with Crippen molar-refractivity contribution in [2.24, 2.45) is 0 Å². The summed E-state index contributed by atoms with van der Waals surface area (Å²) in [6, 6.07) is 0. The molecule has 1 aliphatic heterocycles. The zero-order valence-corrected chi connectivity index (χ0v) is 12.2. The predicted molar refractivity (Wildman–Crippen MR) is 73.2 cm³/mol. The number of carbonyl (C=O) groups is 1. The highest BCUT2D eigenvalue weighted by atomic mass is 79.9. The van der Waals surface area contributed by atoms with Crippen molar-refractivity contribution in [2.75, 3.05) is 30.8 Å². The molecule has 6 nitrogen and oxygen atoms in total. The van der Waals surface area contributed by atoms with Crippen molar-refractivity contribution in [3.63, 3.8) is 0 Å². The van der Waals surface area contributed by atoms with E-state index < -0.39 is 5.54 Å². The zero-order chi connectivity index (χ0) is 13.5. The first-order valence-corrected chi connectivity index (χ1v) is 6.44. The number of carbonyl (C=O) groups excluding carboxylic acids is 1. The zero-order valence-electron chi connectivity index (χ0n) is 10.6. The van der Waals surface area contributed by atoms with Crippen LogP contribution in [0.15, 0.2) is 10.8 Å². The largest absolute Gasteiger partial charge is 0.383 e. The topological polar surface area (TPSA) is 75.3 Å². The van der Waals surface area contributed by atoms with E-state index in [0.717, 1.165) is 0 Å². The molecular formula is C11H16BrN5O. The van der Waals surface area contributed by atoms with Crippen molar-refractivity contribution >= 4 is 33.5 Å². The Morgan fingerprint density at radius 2 is 2.06 bits per heavy atom. The van der Waals surface area contributed by atoms with Crippen LogP contribution in [-0.4, -0.2) is 46.5 Å². The maximum atomic E-state index is 12.2. The molecule has 1 saturated heterocycles. The molecule has 0 aliphatic carbocycles. The summed E-state index contributed by atoms with van der Waals surface area (Å²) in [5, 5.41) is 0. The second-order valence-corrected chi connectivity index (χ2v) is 5.63. The first-order valence-electron chi connectivity index (χ1n) is 5.65. The molecule has 1 fully saturated rings. The van der Waals surface area contributed by atoms with Gasteiger partial charge in [0.05, 0.1) is 0 Å². The molecule has 2 N–H and O–H groups in total. The molecule has 0 saturated carbocycles. The standard InChI is InChI=1S/C11H16BrN5O/c1-11(2)10(18)16(3)4-5-17(11)9-7(12)8(13)14-6-15-9/h6H,4-5H2,1-3H3,(H2,13,14,15). The van der Waals surface area contributed by atoms with Crippen LogP contribution in [0.3, 0.4) is 0 Å². The maximum Gasteiger partial charge on any atom is 0.247 e. The lowest BCUT2D eigenvalue weighted by Gasteiger charge is -2.45. The maximum absolute atomic E-state index is 12.2. The number of halogens is 1. The Balaban J connectivity index is 2.45. The van der Waals surface area contributed by atoms with Gasteiger partial charge in [0.1, 0.15) is 28.0 Å². The van der Waals surface area contributed by atoms with Gasteiger partial charge in [0, 0.05) is 20.1 Å². The lowest BCUT2D eigenvalue weighted by molar-refractivity contribution is -0.136. The number of nitrogen functional groups attached to an aromatic ring is 1. The summed E-state index contributed by atoms with van der Waals surface area (Å²) >= 11 is 3.39. The Bertz CT molecular complexity index is 490. The molecule has 0 radical (unpaired) electrons. The molecule has 1 aromatic rings. The number of amides is 1. The van der Waals surface area contributed by atoms with E-state index in [2.05, 4.69) is 25.9 Å². The monoisotopic (exact) mass is 313 g/mol. The summed E-state index contributed by atoms with van der Waals surface area (Å²) < 4.78 is 0.635. The summed E-state index contributed by atoms with van der Waals surface area (Å²) in [4.78, 5) is 24.1. The number of hydrogen-bond acceptors (Lipinski definition) is 5. The molecule has 1 aliphatic rings. The van der Waals surface area contributed by atoms with Crippen LogP contribution >= 0.6 is 15.9 Å². The number of rotatable bonds is 1. The van der Waals surface area contributed by atoms with E-state index >= 15 is 0 Å². The molecule has 0 spiro atoms. The third-order valence-corrected chi connectivity index (χ3v) is 4.02. The molecule has 0 aromatic carbocycles. The van der Waals surface area contributed by atoms with E-state index in [4.69, 9.17) is 5.73 Å². The van der Waals surface area contributed by atoms with Gasteiger partial charge in [0.15, 0.2) is 0 Å². The minimum atomic E-state index is -0.643. The van der Waals surface area contributed by atoms with Gasteiger partial charge in [-0.25, -0.2) is 9.97 Å². The molecule has 2 heterocycles. The van der Waals surface area contributed by atoms with Crippen molar-refractivity contribution in [2.45, 2.75) is 19.4 Å². The first-order chi connectivity index (χ1) is 8.35. The quantitative estimate of drug-likeness (QED) is 0.833. The molecular weight excluding hydrogens is 298 g/mol. The summed E-state index contributed by atoms with van der Waals surface area (Å²) in [6.45, 7) is 5.15. The van der Waals surface area contributed by atoms with Crippen molar-refractivity contribution in [3.8, 4) is 0 Å². The Morgan fingerprint density at radius 1 is 1.39 bits per heavy atom. The SMILES string of the molecule is CN1CCN(c2ncnc(N)c2Br)C(C)(C)C1=O.